The Hall–Kier alpha value is -2.59. The van der Waals surface area contributed by atoms with Crippen LogP contribution in [0.15, 0.2) is 60.2 Å². The first-order chi connectivity index (χ1) is 12.5. The van der Waals surface area contributed by atoms with Crippen LogP contribution in [0, 0.1) is 0 Å². The lowest BCUT2D eigenvalue weighted by Gasteiger charge is -2.26. The Morgan fingerprint density at radius 1 is 1.08 bits per heavy atom. The van der Waals surface area contributed by atoms with E-state index in [1.165, 1.54) is 6.92 Å². The highest BCUT2D eigenvalue weighted by atomic mass is 35.5. The fourth-order valence-electron chi connectivity index (χ4n) is 2.76. The number of hydrogen-bond donors (Lipinski definition) is 0. The van der Waals surface area contributed by atoms with Crippen LogP contribution in [0.5, 0.6) is 0 Å². The Morgan fingerprint density at radius 2 is 1.69 bits per heavy atom. The van der Waals surface area contributed by atoms with Crippen molar-refractivity contribution in [1.82, 2.24) is 0 Å². The van der Waals surface area contributed by atoms with Gasteiger partial charge in [0, 0.05) is 22.9 Å². The zero-order valence-corrected chi connectivity index (χ0v) is 15.5. The molecule has 2 aromatic rings. The van der Waals surface area contributed by atoms with E-state index in [0.717, 1.165) is 0 Å². The van der Waals surface area contributed by atoms with Gasteiger partial charge in [-0.3, -0.25) is 4.79 Å². The smallest absolute Gasteiger partial charge is 0.334 e. The highest BCUT2D eigenvalue weighted by Crippen LogP contribution is 2.36. The molecule has 2 rings (SSSR count). The van der Waals surface area contributed by atoms with Gasteiger partial charge in [0.2, 0.25) is 0 Å². The largest absolute Gasteiger partial charge is 0.872 e. The summed E-state index contributed by atoms with van der Waals surface area (Å²) in [6.07, 6.45) is -0.0174. The predicted molar refractivity (Wildman–Crippen MR) is 99.5 cm³/mol. The molecule has 0 aromatic heterocycles. The van der Waals surface area contributed by atoms with Gasteiger partial charge >= 0.3 is 5.97 Å². The third-order valence-electron chi connectivity index (χ3n) is 3.90. The molecule has 0 amide bonds. The molecule has 0 N–H and O–H groups in total. The Bertz CT molecular complexity index is 812. The van der Waals surface area contributed by atoms with E-state index in [-0.39, 0.29) is 24.4 Å². The summed E-state index contributed by atoms with van der Waals surface area (Å²) < 4.78 is 5.12. The van der Waals surface area contributed by atoms with Gasteiger partial charge in [0.15, 0.2) is 0 Å². The summed E-state index contributed by atoms with van der Waals surface area (Å²) >= 11 is 6.29. The fourth-order valence-corrected chi connectivity index (χ4v) is 3.03. The molecule has 5 heteroatoms. The molecule has 4 nitrogen and oxygen atoms in total. The molecule has 1 atom stereocenters. The molecule has 0 radical (unpaired) electrons. The lowest BCUT2D eigenvalue weighted by atomic mass is 9.85. The summed E-state index contributed by atoms with van der Waals surface area (Å²) in [4.78, 5) is 24.5. The van der Waals surface area contributed by atoms with Crippen molar-refractivity contribution < 1.29 is 19.4 Å². The molecule has 2 aromatic carbocycles. The number of benzene rings is 2. The Labute approximate surface area is 158 Å². The highest BCUT2D eigenvalue weighted by Gasteiger charge is 2.28. The van der Waals surface area contributed by atoms with Gasteiger partial charge < -0.3 is 9.84 Å². The maximum Gasteiger partial charge on any atom is 0.334 e. The molecule has 0 heterocycles. The van der Waals surface area contributed by atoms with Crippen molar-refractivity contribution >= 4 is 29.1 Å². The molecule has 0 aliphatic heterocycles. The van der Waals surface area contributed by atoms with E-state index in [1.54, 1.807) is 61.5 Å². The summed E-state index contributed by atoms with van der Waals surface area (Å²) in [5.41, 5.74) is 0.828. The van der Waals surface area contributed by atoms with E-state index in [0.29, 0.717) is 16.1 Å². The zero-order chi connectivity index (χ0) is 19.1. The van der Waals surface area contributed by atoms with Gasteiger partial charge in [0.1, 0.15) is 5.78 Å². The van der Waals surface area contributed by atoms with E-state index in [9.17, 15) is 14.7 Å². The van der Waals surface area contributed by atoms with Crippen LogP contribution in [0.3, 0.4) is 0 Å². The lowest BCUT2D eigenvalue weighted by Crippen LogP contribution is -2.22. The summed E-state index contributed by atoms with van der Waals surface area (Å²) in [6.45, 7) is 3.21. The van der Waals surface area contributed by atoms with Crippen LogP contribution in [-0.4, -0.2) is 18.4 Å². The second-order valence-corrected chi connectivity index (χ2v) is 6.22. The molecular formula is C21H20ClO4-. The Balaban J connectivity index is 2.68. The van der Waals surface area contributed by atoms with Gasteiger partial charge in [0.05, 0.1) is 6.61 Å². The summed E-state index contributed by atoms with van der Waals surface area (Å²) in [5, 5.41) is 13.5. The molecule has 0 aliphatic rings. The Morgan fingerprint density at radius 3 is 2.27 bits per heavy atom. The number of ether oxygens (including phenoxy) is 1. The third-order valence-corrected chi connectivity index (χ3v) is 4.24. The fraction of sp³-hybridized carbons (Fsp3) is 0.238. The van der Waals surface area contributed by atoms with Crippen LogP contribution in [0.2, 0.25) is 5.02 Å². The van der Waals surface area contributed by atoms with Crippen molar-refractivity contribution in [3.63, 3.8) is 0 Å². The monoisotopic (exact) mass is 371 g/mol. The molecule has 0 saturated carbocycles. The quantitative estimate of drug-likeness (QED) is 0.422. The lowest BCUT2D eigenvalue weighted by molar-refractivity contribution is -0.245. The molecule has 1 unspecified atom stereocenters. The minimum absolute atomic E-state index is 0.0174. The number of ketones is 1. The van der Waals surface area contributed by atoms with Crippen molar-refractivity contribution in [2.75, 3.05) is 6.61 Å². The van der Waals surface area contributed by atoms with Gasteiger partial charge in [-0.25, -0.2) is 4.79 Å². The molecule has 0 spiro atoms. The van der Waals surface area contributed by atoms with Crippen molar-refractivity contribution in [3.8, 4) is 0 Å². The second kappa shape index (κ2) is 9.20. The number of carbonyl (C=O) groups excluding carboxylic acids is 2. The van der Waals surface area contributed by atoms with E-state index >= 15 is 0 Å². The summed E-state index contributed by atoms with van der Waals surface area (Å²) in [7, 11) is 0. The van der Waals surface area contributed by atoms with Crippen molar-refractivity contribution in [1.29, 1.82) is 0 Å². The average Bonchev–Trinajstić information content (AvgIpc) is 2.62. The van der Waals surface area contributed by atoms with Gasteiger partial charge in [0.25, 0.3) is 0 Å². The summed E-state index contributed by atoms with van der Waals surface area (Å²) in [6, 6.07) is 15.3. The van der Waals surface area contributed by atoms with Crippen molar-refractivity contribution in [2.45, 2.75) is 26.2 Å². The number of hydrogen-bond acceptors (Lipinski definition) is 4. The van der Waals surface area contributed by atoms with Crippen LogP contribution in [-0.2, 0) is 14.3 Å². The molecular weight excluding hydrogens is 352 g/mol. The predicted octanol–water partition coefficient (Wildman–Crippen LogP) is 3.74. The summed E-state index contributed by atoms with van der Waals surface area (Å²) in [5.74, 6) is -2.12. The average molecular weight is 372 g/mol. The maximum absolute atomic E-state index is 13.1. The second-order valence-electron chi connectivity index (χ2n) is 5.81. The van der Waals surface area contributed by atoms with Gasteiger partial charge in [-0.1, -0.05) is 65.9 Å². The van der Waals surface area contributed by atoms with Gasteiger partial charge in [-0.05, 0) is 31.0 Å². The minimum atomic E-state index is -0.770. The van der Waals surface area contributed by atoms with E-state index < -0.39 is 17.6 Å². The number of esters is 1. The minimum Gasteiger partial charge on any atom is -0.872 e. The van der Waals surface area contributed by atoms with Crippen LogP contribution in [0.25, 0.3) is 5.76 Å². The van der Waals surface area contributed by atoms with Crippen LogP contribution < -0.4 is 5.11 Å². The SMILES string of the molecule is CCOC(=O)/C(=C(/[O-])c1ccccc1)C(CC(C)=O)c1ccccc1Cl. The molecule has 0 bridgehead atoms. The Kier molecular flexibility index (Phi) is 6.98. The highest BCUT2D eigenvalue weighted by molar-refractivity contribution is 6.31. The third kappa shape index (κ3) is 4.73. The number of rotatable bonds is 7. The molecule has 136 valence electrons. The topological polar surface area (TPSA) is 66.4 Å². The van der Waals surface area contributed by atoms with E-state index in [4.69, 9.17) is 16.3 Å². The van der Waals surface area contributed by atoms with Crippen LogP contribution in [0.4, 0.5) is 0 Å². The van der Waals surface area contributed by atoms with Gasteiger partial charge in [-0.2, -0.15) is 0 Å². The van der Waals surface area contributed by atoms with Crippen LogP contribution in [0.1, 0.15) is 37.3 Å². The van der Waals surface area contributed by atoms with Crippen molar-refractivity contribution in [2.24, 2.45) is 0 Å². The molecule has 0 saturated heterocycles. The maximum atomic E-state index is 13.1. The van der Waals surface area contributed by atoms with Gasteiger partial charge in [-0.15, -0.1) is 0 Å². The first kappa shape index (κ1) is 19.7. The standard InChI is InChI=1S/C21H21ClO4/c1-3-26-21(25)19(20(24)15-9-5-4-6-10-15)17(13-14(2)23)16-11-7-8-12-18(16)22/h4-12,17,24H,3,13H2,1-2H3/p-1/b20-19+. The van der Waals surface area contributed by atoms with E-state index in [1.807, 2.05) is 0 Å². The normalized spacial score (nSPS) is 12.9. The first-order valence-electron chi connectivity index (χ1n) is 8.33. The molecule has 0 fully saturated rings. The number of Topliss-reactive ketones (excluding diaryl/α,β-unsaturated/α-hetero) is 1. The first-order valence-corrected chi connectivity index (χ1v) is 8.71. The van der Waals surface area contributed by atoms with Crippen LogP contribution >= 0.6 is 11.6 Å². The molecule has 0 aliphatic carbocycles. The number of carbonyl (C=O) groups is 2. The zero-order valence-electron chi connectivity index (χ0n) is 14.7. The molecule has 26 heavy (non-hydrogen) atoms. The number of halogens is 1. The van der Waals surface area contributed by atoms with Crippen molar-refractivity contribution in [3.05, 3.63) is 76.3 Å². The van der Waals surface area contributed by atoms with E-state index in [2.05, 4.69) is 0 Å².